The van der Waals surface area contributed by atoms with Gasteiger partial charge < -0.3 is 14.5 Å². The zero-order valence-corrected chi connectivity index (χ0v) is 46.3. The minimum absolute atomic E-state index is 0.00584. The molecule has 0 saturated carbocycles. The third-order valence-corrected chi connectivity index (χ3v) is 16.2. The molecule has 8 aromatic carbocycles. The molecule has 0 fully saturated rings. The van der Waals surface area contributed by atoms with Crippen molar-refractivity contribution < 1.29 is 4.74 Å². The van der Waals surface area contributed by atoms with Gasteiger partial charge in [0.2, 0.25) is 0 Å². The van der Waals surface area contributed by atoms with Crippen LogP contribution in [0, 0.1) is 13.8 Å². The average molecular weight is 957 g/mol. The normalized spacial score (nSPS) is 14.5. The van der Waals surface area contributed by atoms with Gasteiger partial charge in [-0.05, 0) is 163 Å². The molecule has 4 heteroatoms. The SMILES string of the molecule is Cc1cc(C)cc(-c2cc3c4c(c2)N(c2ccc(C(C)(C)C)cc2)c2cc(N(c5ccc(C(C)(C)C)cc5)c5ccc(C(C)(C)C)cc5)c5c(c2B4c2cc(C(C)(C)C)ccc2O3)C(C)(C)c2ccccc2-5)c1. The predicted octanol–water partition coefficient (Wildman–Crippen LogP) is 17.3. The lowest BCUT2D eigenvalue weighted by Crippen LogP contribution is -2.61. The predicted molar refractivity (Wildman–Crippen MR) is 314 cm³/mol. The van der Waals surface area contributed by atoms with Crippen LogP contribution >= 0.6 is 0 Å². The molecule has 0 spiro atoms. The molecule has 0 amide bonds. The molecule has 11 rings (SSSR count). The summed E-state index contributed by atoms with van der Waals surface area (Å²) in [4.78, 5) is 5.15. The Morgan fingerprint density at radius 2 is 0.973 bits per heavy atom. The van der Waals surface area contributed by atoms with Gasteiger partial charge in [0.05, 0.1) is 5.69 Å². The first-order valence-corrected chi connectivity index (χ1v) is 26.6. The van der Waals surface area contributed by atoms with Crippen molar-refractivity contribution in [1.82, 2.24) is 0 Å². The Hall–Kier alpha value is -6.78. The third-order valence-electron chi connectivity index (χ3n) is 16.2. The van der Waals surface area contributed by atoms with Crippen molar-refractivity contribution in [2.45, 2.75) is 138 Å². The van der Waals surface area contributed by atoms with Crippen LogP contribution < -0.4 is 30.9 Å². The van der Waals surface area contributed by atoms with E-state index in [0.717, 1.165) is 39.8 Å². The Kier molecular flexibility index (Phi) is 11.0. The minimum atomic E-state index is -0.373. The highest BCUT2D eigenvalue weighted by Gasteiger charge is 2.50. The summed E-state index contributed by atoms with van der Waals surface area (Å²) in [5.74, 6) is 1.84. The Morgan fingerprint density at radius 3 is 1.52 bits per heavy atom. The number of benzene rings is 8. The zero-order valence-electron chi connectivity index (χ0n) is 46.3. The second-order valence-electron chi connectivity index (χ2n) is 26.1. The highest BCUT2D eigenvalue weighted by Crippen LogP contribution is 2.57. The van der Waals surface area contributed by atoms with Gasteiger partial charge in [0.15, 0.2) is 0 Å². The van der Waals surface area contributed by atoms with Gasteiger partial charge in [-0.1, -0.05) is 199 Å². The summed E-state index contributed by atoms with van der Waals surface area (Å²) in [5.41, 5.74) is 25.6. The monoisotopic (exact) mass is 957 g/mol. The molecule has 0 aromatic heterocycles. The molecule has 8 aromatic rings. The summed E-state index contributed by atoms with van der Waals surface area (Å²) in [5, 5.41) is 0. The van der Waals surface area contributed by atoms with Crippen molar-refractivity contribution in [3.8, 4) is 33.8 Å². The summed E-state index contributed by atoms with van der Waals surface area (Å²) in [6, 6.07) is 58.6. The molecule has 0 atom stereocenters. The lowest BCUT2D eigenvalue weighted by molar-refractivity contribution is 0.486. The van der Waals surface area contributed by atoms with Crippen molar-refractivity contribution in [2.24, 2.45) is 0 Å². The summed E-state index contributed by atoms with van der Waals surface area (Å²) in [6.45, 7) is 36.9. The number of fused-ring (bicyclic) bond motifs is 8. The fourth-order valence-electron chi connectivity index (χ4n) is 12.2. The quantitative estimate of drug-likeness (QED) is 0.160. The molecule has 3 aliphatic rings. The summed E-state index contributed by atoms with van der Waals surface area (Å²) < 4.78 is 7.32. The van der Waals surface area contributed by atoms with Crippen LogP contribution in [0.3, 0.4) is 0 Å². The number of rotatable bonds is 5. The maximum atomic E-state index is 7.32. The van der Waals surface area contributed by atoms with Crippen molar-refractivity contribution in [1.29, 1.82) is 0 Å². The molecule has 368 valence electrons. The number of anilines is 6. The Bertz CT molecular complexity index is 3420. The molecular weight excluding hydrogens is 884 g/mol. The van der Waals surface area contributed by atoms with Gasteiger partial charge in [-0.3, -0.25) is 0 Å². The molecule has 0 saturated heterocycles. The van der Waals surface area contributed by atoms with Gasteiger partial charge in [0.1, 0.15) is 11.5 Å². The number of hydrogen-bond acceptors (Lipinski definition) is 3. The zero-order chi connectivity index (χ0) is 51.9. The molecule has 1 aliphatic carbocycles. The molecule has 0 radical (unpaired) electrons. The highest BCUT2D eigenvalue weighted by molar-refractivity contribution is 6.99. The van der Waals surface area contributed by atoms with Gasteiger partial charge in [-0.15, -0.1) is 0 Å². The highest BCUT2D eigenvalue weighted by atomic mass is 16.5. The standard InChI is InChI=1S/C69H73BN2O/c1-42-35-43(2)37-44(36-42)45-38-57-63-60(39-45)73-59-34-27-49(68(12,13)14)40-55(59)70(63)64-58(72(57)52-32-25-48(26-33-52)67(9,10)11)41-56(61-53-19-17-18-20-54(53)69(15,16)62(61)64)71(50-28-21-46(22-29-50)65(3,4)5)51-30-23-47(24-31-51)66(6,7)8/h17-41H,1-16H3. The van der Waals surface area contributed by atoms with Crippen LogP contribution in [0.2, 0.25) is 0 Å². The molecule has 0 bridgehead atoms. The van der Waals surface area contributed by atoms with Gasteiger partial charge in [0, 0.05) is 39.4 Å². The second kappa shape index (κ2) is 16.6. The van der Waals surface area contributed by atoms with E-state index in [1.807, 2.05) is 0 Å². The smallest absolute Gasteiger partial charge is 0.256 e. The Morgan fingerprint density at radius 1 is 0.479 bits per heavy atom. The fourth-order valence-corrected chi connectivity index (χ4v) is 12.2. The van der Waals surface area contributed by atoms with E-state index in [0.29, 0.717) is 0 Å². The third kappa shape index (κ3) is 8.12. The van der Waals surface area contributed by atoms with Crippen LogP contribution in [0.15, 0.2) is 152 Å². The maximum absolute atomic E-state index is 7.32. The van der Waals surface area contributed by atoms with Gasteiger partial charge >= 0.3 is 0 Å². The molecule has 0 N–H and O–H groups in total. The van der Waals surface area contributed by atoms with Crippen LogP contribution in [0.25, 0.3) is 22.3 Å². The first kappa shape index (κ1) is 48.5. The van der Waals surface area contributed by atoms with Crippen molar-refractivity contribution >= 4 is 57.2 Å². The van der Waals surface area contributed by atoms with Crippen molar-refractivity contribution in [3.05, 3.63) is 196 Å². The van der Waals surface area contributed by atoms with E-state index >= 15 is 0 Å². The van der Waals surface area contributed by atoms with Crippen molar-refractivity contribution in [3.63, 3.8) is 0 Å². The van der Waals surface area contributed by atoms with E-state index in [4.69, 9.17) is 4.74 Å². The number of ether oxygens (including phenoxy) is 1. The van der Waals surface area contributed by atoms with Gasteiger partial charge in [-0.2, -0.15) is 0 Å². The number of nitrogens with zero attached hydrogens (tertiary/aromatic N) is 2. The summed E-state index contributed by atoms with van der Waals surface area (Å²) in [7, 11) is 0. The molecule has 3 nitrogen and oxygen atoms in total. The van der Waals surface area contributed by atoms with Crippen LogP contribution in [-0.4, -0.2) is 6.71 Å². The molecule has 2 aliphatic heterocycles. The van der Waals surface area contributed by atoms with Crippen LogP contribution in [-0.2, 0) is 27.1 Å². The number of aryl methyl sites for hydroxylation is 2. The van der Waals surface area contributed by atoms with Crippen LogP contribution in [0.4, 0.5) is 34.1 Å². The fraction of sp³-hybridized carbons (Fsp3) is 0.304. The van der Waals surface area contributed by atoms with E-state index in [2.05, 4.69) is 272 Å². The second-order valence-corrected chi connectivity index (χ2v) is 26.1. The first-order chi connectivity index (χ1) is 34.3. The van der Waals surface area contributed by atoms with Crippen molar-refractivity contribution in [2.75, 3.05) is 9.80 Å². The van der Waals surface area contributed by atoms with E-state index in [1.54, 1.807) is 0 Å². The lowest BCUT2D eigenvalue weighted by atomic mass is 9.32. The molecular formula is C69H73BN2O. The molecule has 0 unspecified atom stereocenters. The van der Waals surface area contributed by atoms with Gasteiger partial charge in [-0.25, -0.2) is 0 Å². The molecule has 73 heavy (non-hydrogen) atoms. The summed E-state index contributed by atoms with van der Waals surface area (Å²) in [6.07, 6.45) is 0. The molecule has 2 heterocycles. The van der Waals surface area contributed by atoms with Crippen LogP contribution in [0.5, 0.6) is 11.5 Å². The topological polar surface area (TPSA) is 15.7 Å². The largest absolute Gasteiger partial charge is 0.458 e. The van der Waals surface area contributed by atoms with E-state index < -0.39 is 0 Å². The Balaban J connectivity index is 1.31. The average Bonchev–Trinajstić information content (AvgIpc) is 3.56. The maximum Gasteiger partial charge on any atom is 0.256 e. The Labute approximate surface area is 437 Å². The lowest BCUT2D eigenvalue weighted by Gasteiger charge is -2.44. The minimum Gasteiger partial charge on any atom is -0.458 e. The van der Waals surface area contributed by atoms with Crippen LogP contribution in [0.1, 0.15) is 141 Å². The van der Waals surface area contributed by atoms with E-state index in [9.17, 15) is 0 Å². The number of hydrogen-bond donors (Lipinski definition) is 0. The van der Waals surface area contributed by atoms with Gasteiger partial charge in [0.25, 0.3) is 6.71 Å². The van der Waals surface area contributed by atoms with E-state index in [1.165, 1.54) is 89.0 Å². The summed E-state index contributed by atoms with van der Waals surface area (Å²) >= 11 is 0. The first-order valence-electron chi connectivity index (χ1n) is 26.6. The van der Waals surface area contributed by atoms with E-state index in [-0.39, 0.29) is 33.8 Å².